The zero-order valence-electron chi connectivity index (χ0n) is 12.7. The van der Waals surface area contributed by atoms with Gasteiger partial charge in [0.05, 0.1) is 5.56 Å². The van der Waals surface area contributed by atoms with Gasteiger partial charge in [0, 0.05) is 12.0 Å². The van der Waals surface area contributed by atoms with Gasteiger partial charge in [-0.2, -0.15) is 26.3 Å². The number of halogens is 6. The Balaban J connectivity index is 2.21. The average molecular weight is 361 g/mol. The summed E-state index contributed by atoms with van der Waals surface area (Å²) in [6.45, 7) is 0. The van der Waals surface area contributed by atoms with E-state index < -0.39 is 36.3 Å². The van der Waals surface area contributed by atoms with Crippen molar-refractivity contribution in [1.82, 2.24) is 5.32 Å². The van der Waals surface area contributed by atoms with Gasteiger partial charge in [-0.3, -0.25) is 4.79 Å². The maximum atomic E-state index is 13.2. The van der Waals surface area contributed by atoms with Gasteiger partial charge >= 0.3 is 12.4 Å². The quantitative estimate of drug-likeness (QED) is 0.792. The van der Waals surface area contributed by atoms with Gasteiger partial charge in [0.15, 0.2) is 0 Å². The molecule has 0 aliphatic carbocycles. The van der Waals surface area contributed by atoms with E-state index in [4.69, 9.17) is 0 Å². The highest BCUT2D eigenvalue weighted by molar-refractivity contribution is 5.94. The van der Waals surface area contributed by atoms with Crippen molar-refractivity contribution in [2.24, 2.45) is 0 Å². The minimum Gasteiger partial charge on any atom is -0.340 e. The average Bonchev–Trinajstić information content (AvgIpc) is 2.53. The van der Waals surface area contributed by atoms with Crippen LogP contribution in [0.15, 0.2) is 54.6 Å². The molecule has 0 bridgehead atoms. The lowest BCUT2D eigenvalue weighted by Crippen LogP contribution is -2.46. The molecule has 0 radical (unpaired) electrons. The Hall–Kier alpha value is -2.51. The molecule has 0 aromatic heterocycles. The molecule has 1 amide bonds. The summed E-state index contributed by atoms with van der Waals surface area (Å²) in [6.07, 6.45) is -10.3. The van der Waals surface area contributed by atoms with Crippen molar-refractivity contribution < 1.29 is 31.1 Å². The topological polar surface area (TPSA) is 29.1 Å². The Morgan fingerprint density at radius 3 is 2.12 bits per heavy atom. The smallest absolute Gasteiger partial charge is 0.340 e. The molecule has 0 aliphatic heterocycles. The minimum absolute atomic E-state index is 0.0285. The Kier molecular flexibility index (Phi) is 5.39. The SMILES string of the molecule is O=C(N[C@H](Cc1cccc(C(F)(F)F)c1)C(F)(F)F)c1ccccc1. The van der Waals surface area contributed by atoms with Gasteiger partial charge in [0.2, 0.25) is 0 Å². The second-order valence-electron chi connectivity index (χ2n) is 5.34. The molecular formula is C17H13F6NO. The number of hydrogen-bond acceptors (Lipinski definition) is 1. The van der Waals surface area contributed by atoms with Gasteiger partial charge in [0.1, 0.15) is 6.04 Å². The number of benzene rings is 2. The summed E-state index contributed by atoms with van der Waals surface area (Å²) in [4.78, 5) is 11.9. The number of rotatable bonds is 4. The summed E-state index contributed by atoms with van der Waals surface area (Å²) in [5.74, 6) is -0.949. The highest BCUT2D eigenvalue weighted by atomic mass is 19.4. The van der Waals surface area contributed by atoms with E-state index in [-0.39, 0.29) is 11.1 Å². The molecule has 0 saturated heterocycles. The lowest BCUT2D eigenvalue weighted by Gasteiger charge is -2.22. The summed E-state index contributed by atoms with van der Waals surface area (Å²) in [7, 11) is 0. The van der Waals surface area contributed by atoms with Crippen molar-refractivity contribution in [3.05, 3.63) is 71.3 Å². The van der Waals surface area contributed by atoms with Crippen molar-refractivity contribution in [3.8, 4) is 0 Å². The first-order chi connectivity index (χ1) is 11.6. The van der Waals surface area contributed by atoms with Gasteiger partial charge in [-0.05, 0) is 23.8 Å². The summed E-state index contributed by atoms with van der Waals surface area (Å²) in [5, 5.41) is 1.83. The summed E-state index contributed by atoms with van der Waals surface area (Å²) >= 11 is 0. The van der Waals surface area contributed by atoms with E-state index in [9.17, 15) is 31.1 Å². The zero-order valence-corrected chi connectivity index (χ0v) is 12.7. The first kappa shape index (κ1) is 18.8. The van der Waals surface area contributed by atoms with Crippen LogP contribution in [0, 0.1) is 0 Å². The van der Waals surface area contributed by atoms with Crippen LogP contribution in [0.3, 0.4) is 0 Å². The second kappa shape index (κ2) is 7.16. The van der Waals surface area contributed by atoms with Gasteiger partial charge in [0.25, 0.3) is 5.91 Å². The van der Waals surface area contributed by atoms with E-state index in [1.165, 1.54) is 24.3 Å². The third-order valence-electron chi connectivity index (χ3n) is 3.43. The van der Waals surface area contributed by atoms with Crippen molar-refractivity contribution >= 4 is 5.91 Å². The van der Waals surface area contributed by atoms with Gasteiger partial charge < -0.3 is 5.32 Å². The molecule has 8 heteroatoms. The second-order valence-corrected chi connectivity index (χ2v) is 5.34. The molecule has 0 aliphatic rings. The number of amides is 1. The maximum absolute atomic E-state index is 13.2. The highest BCUT2D eigenvalue weighted by Gasteiger charge is 2.41. The van der Waals surface area contributed by atoms with E-state index in [1.54, 1.807) is 6.07 Å². The number of hydrogen-bond donors (Lipinski definition) is 1. The normalized spacial score (nSPS) is 13.4. The monoisotopic (exact) mass is 361 g/mol. The van der Waals surface area contributed by atoms with E-state index in [0.717, 1.165) is 18.2 Å². The predicted octanol–water partition coefficient (Wildman–Crippen LogP) is 4.61. The molecule has 134 valence electrons. The molecule has 0 fully saturated rings. The Labute approximate surface area is 139 Å². The van der Waals surface area contributed by atoms with Crippen LogP contribution in [-0.4, -0.2) is 18.1 Å². The third-order valence-corrected chi connectivity index (χ3v) is 3.43. The molecule has 0 spiro atoms. The van der Waals surface area contributed by atoms with Gasteiger partial charge in [-0.25, -0.2) is 0 Å². The molecule has 0 saturated carbocycles. The van der Waals surface area contributed by atoms with Crippen molar-refractivity contribution in [3.63, 3.8) is 0 Å². The van der Waals surface area contributed by atoms with Crippen LogP contribution in [0.1, 0.15) is 21.5 Å². The molecule has 1 atom stereocenters. The molecule has 2 aromatic rings. The fraction of sp³-hybridized carbons (Fsp3) is 0.235. The molecule has 1 N–H and O–H groups in total. The highest BCUT2D eigenvalue weighted by Crippen LogP contribution is 2.31. The molecule has 25 heavy (non-hydrogen) atoms. The predicted molar refractivity (Wildman–Crippen MR) is 78.9 cm³/mol. The largest absolute Gasteiger partial charge is 0.416 e. The third kappa shape index (κ3) is 5.23. The molecule has 2 aromatic carbocycles. The molecular weight excluding hydrogens is 348 g/mol. The van der Waals surface area contributed by atoms with E-state index in [2.05, 4.69) is 0 Å². The number of carbonyl (C=O) groups excluding carboxylic acids is 1. The molecule has 2 rings (SSSR count). The van der Waals surface area contributed by atoms with Gasteiger partial charge in [-0.1, -0.05) is 36.4 Å². The van der Waals surface area contributed by atoms with E-state index >= 15 is 0 Å². The summed E-state index contributed by atoms with van der Waals surface area (Å²) in [5.41, 5.74) is -1.19. The lowest BCUT2D eigenvalue weighted by molar-refractivity contribution is -0.153. The van der Waals surface area contributed by atoms with Crippen LogP contribution < -0.4 is 5.32 Å². The zero-order chi connectivity index (χ0) is 18.7. The first-order valence-corrected chi connectivity index (χ1v) is 7.16. The number of nitrogens with one attached hydrogen (secondary N) is 1. The standard InChI is InChI=1S/C17H13F6NO/c18-16(19,20)13-8-4-5-11(9-13)10-14(17(21,22)23)24-15(25)12-6-2-1-3-7-12/h1-9,14H,10H2,(H,24,25)/t14-/m1/s1. The van der Waals surface area contributed by atoms with Crippen LogP contribution in [0.4, 0.5) is 26.3 Å². The maximum Gasteiger partial charge on any atom is 0.416 e. The van der Waals surface area contributed by atoms with Crippen LogP contribution in [0.2, 0.25) is 0 Å². The number of carbonyl (C=O) groups is 1. The summed E-state index contributed by atoms with van der Waals surface area (Å²) < 4.78 is 77.6. The fourth-order valence-electron chi connectivity index (χ4n) is 2.19. The van der Waals surface area contributed by atoms with Crippen molar-refractivity contribution in [2.45, 2.75) is 24.8 Å². The number of alkyl halides is 6. The van der Waals surface area contributed by atoms with Gasteiger partial charge in [-0.15, -0.1) is 0 Å². The first-order valence-electron chi connectivity index (χ1n) is 7.16. The van der Waals surface area contributed by atoms with Crippen molar-refractivity contribution in [2.75, 3.05) is 0 Å². The van der Waals surface area contributed by atoms with E-state index in [1.807, 2.05) is 5.32 Å². The van der Waals surface area contributed by atoms with Crippen LogP contribution in [0.5, 0.6) is 0 Å². The molecule has 2 nitrogen and oxygen atoms in total. The fourth-order valence-corrected chi connectivity index (χ4v) is 2.19. The van der Waals surface area contributed by atoms with Crippen molar-refractivity contribution in [1.29, 1.82) is 0 Å². The Morgan fingerprint density at radius 1 is 0.920 bits per heavy atom. The minimum atomic E-state index is -4.81. The lowest BCUT2D eigenvalue weighted by atomic mass is 10.0. The Bertz CT molecular complexity index is 724. The van der Waals surface area contributed by atoms with Crippen LogP contribution >= 0.6 is 0 Å². The summed E-state index contributed by atoms with van der Waals surface area (Å²) in [6, 6.07) is 8.56. The molecule has 0 heterocycles. The Morgan fingerprint density at radius 2 is 1.56 bits per heavy atom. The van der Waals surface area contributed by atoms with E-state index in [0.29, 0.717) is 6.07 Å². The van der Waals surface area contributed by atoms with Crippen LogP contribution in [-0.2, 0) is 12.6 Å². The molecule has 0 unspecified atom stereocenters. The van der Waals surface area contributed by atoms with Crippen LogP contribution in [0.25, 0.3) is 0 Å².